The zero-order valence-electron chi connectivity index (χ0n) is 14.9. The molecular formula is C20H22O5S. The van der Waals surface area contributed by atoms with E-state index in [0.717, 1.165) is 10.9 Å². The van der Waals surface area contributed by atoms with Gasteiger partial charge >= 0.3 is 0 Å². The van der Waals surface area contributed by atoms with Crippen LogP contribution < -0.4 is 0 Å². The third-order valence-corrected chi connectivity index (χ3v) is 4.84. The van der Waals surface area contributed by atoms with E-state index in [-0.39, 0.29) is 4.90 Å². The van der Waals surface area contributed by atoms with E-state index in [0.29, 0.717) is 16.7 Å². The van der Waals surface area contributed by atoms with Crippen LogP contribution in [0, 0.1) is 20.8 Å². The molecule has 0 radical (unpaired) electrons. The highest BCUT2D eigenvalue weighted by molar-refractivity contribution is 7.86. The average Bonchev–Trinajstić information content (AvgIpc) is 2.60. The maximum atomic E-state index is 11.4. The number of carbonyl (C=O) groups is 1. The van der Waals surface area contributed by atoms with Gasteiger partial charge in [0.2, 0.25) is 0 Å². The molecule has 0 atom stereocenters. The molecular weight excluding hydrogens is 352 g/mol. The highest BCUT2D eigenvalue weighted by Gasteiger charge is 2.18. The minimum absolute atomic E-state index is 0.0168. The molecule has 5 nitrogen and oxygen atoms in total. The van der Waals surface area contributed by atoms with Gasteiger partial charge in [0.25, 0.3) is 10.1 Å². The summed E-state index contributed by atoms with van der Waals surface area (Å²) in [7, 11) is -4.18. The van der Waals surface area contributed by atoms with Gasteiger partial charge in [0.05, 0.1) is 0 Å². The first-order chi connectivity index (χ1) is 12.2. The van der Waals surface area contributed by atoms with Crippen LogP contribution in [-0.2, 0) is 14.9 Å². The second-order valence-electron chi connectivity index (χ2n) is 5.68. The molecule has 0 aliphatic rings. The maximum absolute atomic E-state index is 11.4. The Labute approximate surface area is 153 Å². The van der Waals surface area contributed by atoms with E-state index in [2.05, 4.69) is 0 Å². The Bertz CT molecular complexity index is 956. The van der Waals surface area contributed by atoms with Crippen molar-refractivity contribution < 1.29 is 22.9 Å². The summed E-state index contributed by atoms with van der Waals surface area (Å²) in [6, 6.07) is 16.1. The lowest BCUT2D eigenvalue weighted by atomic mass is 10.0. The quantitative estimate of drug-likeness (QED) is 0.622. The van der Waals surface area contributed by atoms with Gasteiger partial charge in [-0.3, -0.25) is 4.55 Å². The van der Waals surface area contributed by atoms with Gasteiger partial charge in [0.15, 0.2) is 0 Å². The molecule has 6 heteroatoms. The van der Waals surface area contributed by atoms with E-state index < -0.39 is 10.1 Å². The third kappa shape index (κ3) is 5.40. The largest absolute Gasteiger partial charge is 0.508 e. The van der Waals surface area contributed by atoms with E-state index in [1.807, 2.05) is 51.0 Å². The lowest BCUT2D eigenvalue weighted by molar-refractivity contribution is -0.0980. The van der Waals surface area contributed by atoms with E-state index in [4.69, 9.17) is 9.90 Å². The van der Waals surface area contributed by atoms with Gasteiger partial charge in [-0.1, -0.05) is 48.0 Å². The van der Waals surface area contributed by atoms with Crippen molar-refractivity contribution in [2.24, 2.45) is 0 Å². The summed E-state index contributed by atoms with van der Waals surface area (Å²) in [4.78, 5) is 8.02. The lowest BCUT2D eigenvalue weighted by Gasteiger charge is -2.10. The molecule has 0 unspecified atom stereocenters. The van der Waals surface area contributed by atoms with Crippen LogP contribution in [0.5, 0.6) is 5.75 Å². The molecule has 2 N–H and O–H groups in total. The monoisotopic (exact) mass is 374 g/mol. The van der Waals surface area contributed by atoms with Gasteiger partial charge in [-0.05, 0) is 49.4 Å². The van der Waals surface area contributed by atoms with Crippen molar-refractivity contribution in [3.8, 4) is 5.75 Å². The molecule has 26 heavy (non-hydrogen) atoms. The van der Waals surface area contributed by atoms with Crippen molar-refractivity contribution in [1.29, 1.82) is 0 Å². The number of phenolic OH excluding ortho intramolecular Hbond substituents is 1. The summed E-state index contributed by atoms with van der Waals surface area (Å²) in [6.07, 6.45) is 0. The van der Waals surface area contributed by atoms with Gasteiger partial charge in [-0.2, -0.15) is 8.42 Å². The summed E-state index contributed by atoms with van der Waals surface area (Å²) in [6.45, 7) is 7.51. The maximum Gasteiger partial charge on any atom is 0.295 e. The van der Waals surface area contributed by atoms with Crippen LogP contribution >= 0.6 is 0 Å². The molecule has 3 rings (SSSR count). The molecule has 0 aliphatic carbocycles. The van der Waals surface area contributed by atoms with Gasteiger partial charge in [-0.25, -0.2) is 0 Å². The molecule has 0 amide bonds. The Kier molecular flexibility index (Phi) is 7.49. The highest BCUT2D eigenvalue weighted by atomic mass is 32.2. The predicted molar refractivity (Wildman–Crippen MR) is 103 cm³/mol. The lowest BCUT2D eigenvalue weighted by Crippen LogP contribution is -2.03. The molecule has 138 valence electrons. The number of hydrogen-bond acceptors (Lipinski definition) is 4. The number of benzene rings is 3. The Morgan fingerprint density at radius 3 is 1.92 bits per heavy atom. The molecule has 0 aliphatic heterocycles. The first kappa shape index (κ1) is 21.3. The number of rotatable bonds is 1. The number of aryl methyl sites for hydroxylation is 2. The van der Waals surface area contributed by atoms with Crippen molar-refractivity contribution in [1.82, 2.24) is 0 Å². The Hall–Kier alpha value is -2.70. The molecule has 0 bridgehead atoms. The van der Waals surface area contributed by atoms with Crippen molar-refractivity contribution in [2.75, 3.05) is 0 Å². The molecule has 3 aromatic carbocycles. The third-order valence-electron chi connectivity index (χ3n) is 3.80. The number of hydrogen-bond donors (Lipinski definition) is 2. The van der Waals surface area contributed by atoms with Crippen LogP contribution in [0.25, 0.3) is 10.8 Å². The van der Waals surface area contributed by atoms with Crippen molar-refractivity contribution in [3.05, 3.63) is 71.3 Å². The zero-order valence-corrected chi connectivity index (χ0v) is 15.7. The molecule has 3 aromatic rings. The molecule has 0 saturated heterocycles. The van der Waals surface area contributed by atoms with Gasteiger partial charge in [-0.15, -0.1) is 0 Å². The molecule has 0 spiro atoms. The van der Waals surface area contributed by atoms with Gasteiger partial charge < -0.3 is 9.90 Å². The van der Waals surface area contributed by atoms with Gasteiger partial charge in [0.1, 0.15) is 17.4 Å². The number of carbonyl (C=O) groups excluding carboxylic acids is 1. The highest BCUT2D eigenvalue weighted by Crippen LogP contribution is 2.28. The number of fused-ring (bicyclic) bond motifs is 1. The molecule has 0 fully saturated rings. The second-order valence-corrected chi connectivity index (χ2v) is 7.04. The fourth-order valence-corrected chi connectivity index (χ4v) is 3.44. The summed E-state index contributed by atoms with van der Waals surface area (Å²) in [5.41, 5.74) is 2.62. The zero-order chi connectivity index (χ0) is 19.9. The standard InChI is InChI=1S/C12H12O3S.C7H8O.CH2O/c1-8-7-10-5-3-4-6-11(10)12(9(8)2)16(13,14)15;1-6-2-4-7(8)5-3-6;1-2/h3-7H,1-2H3,(H,13,14,15);2-5,8H,1H3;1H2. The second kappa shape index (κ2) is 9.12. The summed E-state index contributed by atoms with van der Waals surface area (Å²) < 4.78 is 32.0. The smallest absolute Gasteiger partial charge is 0.295 e. The van der Waals surface area contributed by atoms with Crippen LogP contribution in [0.1, 0.15) is 16.7 Å². The number of phenols is 1. The average molecular weight is 374 g/mol. The van der Waals surface area contributed by atoms with E-state index >= 15 is 0 Å². The van der Waals surface area contributed by atoms with Crippen molar-refractivity contribution in [3.63, 3.8) is 0 Å². The Morgan fingerprint density at radius 2 is 1.42 bits per heavy atom. The molecule has 0 saturated carbocycles. The van der Waals surface area contributed by atoms with Crippen LogP contribution in [0.2, 0.25) is 0 Å². The minimum Gasteiger partial charge on any atom is -0.508 e. The Morgan fingerprint density at radius 1 is 0.885 bits per heavy atom. The fourth-order valence-electron chi connectivity index (χ4n) is 2.43. The van der Waals surface area contributed by atoms with Crippen molar-refractivity contribution >= 4 is 27.7 Å². The number of aromatic hydroxyl groups is 1. The van der Waals surface area contributed by atoms with Crippen LogP contribution in [0.4, 0.5) is 0 Å². The van der Waals surface area contributed by atoms with E-state index in [9.17, 15) is 13.0 Å². The predicted octanol–water partition coefficient (Wildman–Crippen LogP) is 4.22. The molecule has 0 heterocycles. The summed E-state index contributed by atoms with van der Waals surface area (Å²) >= 11 is 0. The van der Waals surface area contributed by atoms with Crippen LogP contribution in [-0.4, -0.2) is 24.9 Å². The van der Waals surface area contributed by atoms with Crippen LogP contribution in [0.15, 0.2) is 59.5 Å². The normalized spacial score (nSPS) is 10.3. The summed E-state index contributed by atoms with van der Waals surface area (Å²) in [5, 5.41) is 10.1. The minimum atomic E-state index is -4.18. The van der Waals surface area contributed by atoms with Gasteiger partial charge in [0, 0.05) is 5.39 Å². The molecule has 0 aromatic heterocycles. The van der Waals surface area contributed by atoms with E-state index in [1.54, 1.807) is 31.2 Å². The first-order valence-corrected chi connectivity index (χ1v) is 9.15. The van der Waals surface area contributed by atoms with Crippen molar-refractivity contribution in [2.45, 2.75) is 25.7 Å². The Balaban J connectivity index is 0.000000284. The SMILES string of the molecule is C=O.Cc1cc2ccccc2c(S(=O)(=O)O)c1C.Cc1ccc(O)cc1. The topological polar surface area (TPSA) is 91.7 Å². The first-order valence-electron chi connectivity index (χ1n) is 7.71. The summed E-state index contributed by atoms with van der Waals surface area (Å²) in [5.74, 6) is 0.329. The fraction of sp³-hybridized carbons (Fsp3) is 0.150. The van der Waals surface area contributed by atoms with Crippen LogP contribution in [0.3, 0.4) is 0 Å². The van der Waals surface area contributed by atoms with E-state index in [1.165, 1.54) is 5.56 Å².